The molecule has 0 saturated carbocycles. The van der Waals surface area contributed by atoms with Gasteiger partial charge in [-0.2, -0.15) is 4.98 Å². The monoisotopic (exact) mass is 286 g/mol. The van der Waals surface area contributed by atoms with E-state index in [0.717, 1.165) is 0 Å². The van der Waals surface area contributed by atoms with Crippen LogP contribution >= 0.6 is 0 Å². The molecule has 0 atom stereocenters. The Labute approximate surface area is 117 Å². The third-order valence-electron chi connectivity index (χ3n) is 2.98. The van der Waals surface area contributed by atoms with Gasteiger partial charge in [-0.3, -0.25) is 19.9 Å². The third kappa shape index (κ3) is 2.31. The number of aromatic nitrogens is 4. The smallest absolute Gasteiger partial charge is 0.278 e. The zero-order chi connectivity index (χ0) is 15.0. The second-order valence-corrected chi connectivity index (χ2v) is 4.42. The predicted molar refractivity (Wildman–Crippen MR) is 74.8 cm³/mol. The molecule has 21 heavy (non-hydrogen) atoms. The summed E-state index contributed by atoms with van der Waals surface area (Å²) in [6, 6.07) is 6.18. The third-order valence-corrected chi connectivity index (χ3v) is 2.98. The van der Waals surface area contributed by atoms with Crippen LogP contribution in [0.3, 0.4) is 0 Å². The zero-order valence-corrected chi connectivity index (χ0v) is 10.7. The first-order valence-corrected chi connectivity index (χ1v) is 5.98. The lowest BCUT2D eigenvalue weighted by Gasteiger charge is -2.04. The number of fused-ring (bicyclic) bond motifs is 1. The molecule has 3 rings (SSSR count). The van der Waals surface area contributed by atoms with Gasteiger partial charge in [-0.15, -0.1) is 0 Å². The largest absolute Gasteiger partial charge is 0.369 e. The number of anilines is 1. The van der Waals surface area contributed by atoms with E-state index in [2.05, 4.69) is 15.0 Å². The number of nitrogens with zero attached hydrogens (tertiary/aromatic N) is 4. The van der Waals surface area contributed by atoms with Gasteiger partial charge < -0.3 is 10.3 Å². The molecule has 3 aromatic rings. The molecule has 9 heteroatoms. The van der Waals surface area contributed by atoms with Crippen molar-refractivity contribution >= 4 is 22.8 Å². The van der Waals surface area contributed by atoms with E-state index in [1.54, 1.807) is 16.7 Å². The lowest BCUT2D eigenvalue weighted by atomic mass is 10.2. The first-order valence-electron chi connectivity index (χ1n) is 5.98. The van der Waals surface area contributed by atoms with Gasteiger partial charge in [0.25, 0.3) is 11.2 Å². The van der Waals surface area contributed by atoms with E-state index in [1.165, 1.54) is 18.5 Å². The Morgan fingerprint density at radius 1 is 1.43 bits per heavy atom. The number of hydrogen-bond donors (Lipinski definition) is 2. The molecule has 0 unspecified atom stereocenters. The SMILES string of the molecule is Nc1nc2ncn(Cc3cccc([N+](=O)[O-])c3)c2c(=O)[nH]1. The quantitative estimate of drug-likeness (QED) is 0.536. The Bertz CT molecular complexity index is 897. The first-order chi connectivity index (χ1) is 10.0. The maximum Gasteiger partial charge on any atom is 0.278 e. The average molecular weight is 286 g/mol. The number of nitrogens with two attached hydrogens (primary N) is 1. The number of nitro groups is 1. The fourth-order valence-electron chi connectivity index (χ4n) is 2.09. The fraction of sp³-hybridized carbons (Fsp3) is 0.0833. The summed E-state index contributed by atoms with van der Waals surface area (Å²) in [4.78, 5) is 32.5. The molecule has 106 valence electrons. The summed E-state index contributed by atoms with van der Waals surface area (Å²) in [6.07, 6.45) is 1.45. The molecule has 2 heterocycles. The lowest BCUT2D eigenvalue weighted by molar-refractivity contribution is -0.384. The Balaban J connectivity index is 2.05. The van der Waals surface area contributed by atoms with Crippen molar-refractivity contribution in [3.8, 4) is 0 Å². The van der Waals surface area contributed by atoms with Gasteiger partial charge >= 0.3 is 0 Å². The van der Waals surface area contributed by atoms with Gasteiger partial charge in [0, 0.05) is 18.7 Å². The van der Waals surface area contributed by atoms with Crippen LogP contribution in [-0.2, 0) is 6.54 Å². The van der Waals surface area contributed by atoms with Crippen LogP contribution in [0.4, 0.5) is 11.6 Å². The van der Waals surface area contributed by atoms with E-state index < -0.39 is 10.5 Å². The van der Waals surface area contributed by atoms with E-state index in [0.29, 0.717) is 5.56 Å². The first kappa shape index (κ1) is 12.8. The van der Waals surface area contributed by atoms with Crippen LogP contribution < -0.4 is 11.3 Å². The summed E-state index contributed by atoms with van der Waals surface area (Å²) in [5.41, 5.74) is 6.23. The lowest BCUT2D eigenvalue weighted by Crippen LogP contribution is -2.14. The van der Waals surface area contributed by atoms with Crippen molar-refractivity contribution in [3.05, 3.63) is 56.6 Å². The summed E-state index contributed by atoms with van der Waals surface area (Å²) in [6.45, 7) is 0.271. The maximum absolute atomic E-state index is 11.9. The maximum atomic E-state index is 11.9. The van der Waals surface area contributed by atoms with E-state index in [4.69, 9.17) is 5.73 Å². The topological polar surface area (TPSA) is 133 Å². The Kier molecular flexibility index (Phi) is 2.87. The Morgan fingerprint density at radius 3 is 3.00 bits per heavy atom. The highest BCUT2D eigenvalue weighted by molar-refractivity contribution is 5.70. The summed E-state index contributed by atoms with van der Waals surface area (Å²) < 4.78 is 1.57. The van der Waals surface area contributed by atoms with Gasteiger partial charge in [0.1, 0.15) is 0 Å². The molecule has 0 saturated heterocycles. The van der Waals surface area contributed by atoms with Gasteiger partial charge in [-0.25, -0.2) is 4.98 Å². The van der Waals surface area contributed by atoms with Crippen LogP contribution in [0.5, 0.6) is 0 Å². The van der Waals surface area contributed by atoms with Crippen molar-refractivity contribution in [2.75, 3.05) is 5.73 Å². The van der Waals surface area contributed by atoms with Crippen molar-refractivity contribution < 1.29 is 4.92 Å². The van der Waals surface area contributed by atoms with E-state index in [1.807, 2.05) is 0 Å². The number of rotatable bonds is 3. The Morgan fingerprint density at radius 2 is 2.24 bits per heavy atom. The zero-order valence-electron chi connectivity index (χ0n) is 10.7. The van der Waals surface area contributed by atoms with Gasteiger partial charge in [-0.05, 0) is 5.56 Å². The molecule has 2 aromatic heterocycles. The summed E-state index contributed by atoms with van der Waals surface area (Å²) >= 11 is 0. The highest BCUT2D eigenvalue weighted by Crippen LogP contribution is 2.15. The molecule has 0 spiro atoms. The highest BCUT2D eigenvalue weighted by Gasteiger charge is 2.11. The van der Waals surface area contributed by atoms with Crippen molar-refractivity contribution in [3.63, 3.8) is 0 Å². The van der Waals surface area contributed by atoms with Crippen molar-refractivity contribution in [2.24, 2.45) is 0 Å². The second kappa shape index (κ2) is 4.71. The molecule has 0 fully saturated rings. The molecule has 1 aromatic carbocycles. The molecular formula is C12H10N6O3. The van der Waals surface area contributed by atoms with Crippen LogP contribution in [-0.4, -0.2) is 24.4 Å². The summed E-state index contributed by atoms with van der Waals surface area (Å²) in [5.74, 6) is -0.00639. The number of nitro benzene ring substituents is 1. The number of hydrogen-bond acceptors (Lipinski definition) is 6. The number of imidazole rings is 1. The number of H-pyrrole nitrogens is 1. The number of benzene rings is 1. The van der Waals surface area contributed by atoms with Crippen LogP contribution in [0, 0.1) is 10.1 Å². The minimum absolute atomic E-state index is 0.00630. The van der Waals surface area contributed by atoms with Crippen LogP contribution in [0.25, 0.3) is 11.2 Å². The van der Waals surface area contributed by atoms with E-state index in [9.17, 15) is 14.9 Å². The molecule has 0 radical (unpaired) electrons. The van der Waals surface area contributed by atoms with E-state index >= 15 is 0 Å². The van der Waals surface area contributed by atoms with Crippen molar-refractivity contribution in [1.82, 2.24) is 19.5 Å². The van der Waals surface area contributed by atoms with Crippen molar-refractivity contribution in [1.29, 1.82) is 0 Å². The van der Waals surface area contributed by atoms with Gasteiger partial charge in [-0.1, -0.05) is 12.1 Å². The molecule has 0 aliphatic heterocycles. The number of nitrogen functional groups attached to an aromatic ring is 1. The number of nitrogens with one attached hydrogen (secondary N) is 1. The fourth-order valence-corrected chi connectivity index (χ4v) is 2.09. The van der Waals surface area contributed by atoms with Gasteiger partial charge in [0.15, 0.2) is 11.2 Å². The molecule has 0 aliphatic rings. The molecule has 0 bridgehead atoms. The predicted octanol–water partition coefficient (Wildman–Crippen LogP) is 0.658. The molecule has 3 N–H and O–H groups in total. The Hall–Kier alpha value is -3.23. The molecular weight excluding hydrogens is 276 g/mol. The molecule has 0 aliphatic carbocycles. The summed E-state index contributed by atoms with van der Waals surface area (Å²) in [7, 11) is 0. The summed E-state index contributed by atoms with van der Waals surface area (Å²) in [5, 5.41) is 10.8. The van der Waals surface area contributed by atoms with Gasteiger partial charge in [0.2, 0.25) is 5.95 Å². The minimum atomic E-state index is -0.468. The molecule has 0 amide bonds. The van der Waals surface area contributed by atoms with Crippen LogP contribution in [0.15, 0.2) is 35.4 Å². The average Bonchev–Trinajstić information content (AvgIpc) is 2.82. The highest BCUT2D eigenvalue weighted by atomic mass is 16.6. The van der Waals surface area contributed by atoms with Gasteiger partial charge in [0.05, 0.1) is 11.3 Å². The number of aromatic amines is 1. The minimum Gasteiger partial charge on any atom is -0.369 e. The van der Waals surface area contributed by atoms with Crippen molar-refractivity contribution in [2.45, 2.75) is 6.54 Å². The number of non-ortho nitro benzene ring substituents is 1. The molecule has 9 nitrogen and oxygen atoms in total. The van der Waals surface area contributed by atoms with E-state index in [-0.39, 0.29) is 29.3 Å². The second-order valence-electron chi connectivity index (χ2n) is 4.42. The standard InChI is InChI=1S/C12H10N6O3/c13-12-15-10-9(11(19)16-12)17(6-14-10)5-7-2-1-3-8(4-7)18(20)21/h1-4,6H,5H2,(H3,13,15,16,19). The normalized spacial score (nSPS) is 10.9. The van der Waals surface area contributed by atoms with Crippen LogP contribution in [0.2, 0.25) is 0 Å². The van der Waals surface area contributed by atoms with Crippen LogP contribution in [0.1, 0.15) is 5.56 Å².